The third-order valence-electron chi connectivity index (χ3n) is 3.49. The average molecular weight is 267 g/mol. The minimum absolute atomic E-state index is 0.00793. The lowest BCUT2D eigenvalue weighted by molar-refractivity contribution is -0.385. The summed E-state index contributed by atoms with van der Waals surface area (Å²) >= 11 is 0. The molecule has 0 amide bonds. The van der Waals surface area contributed by atoms with Crippen molar-refractivity contribution in [3.05, 3.63) is 39.9 Å². The lowest BCUT2D eigenvalue weighted by Gasteiger charge is -2.39. The van der Waals surface area contributed by atoms with Gasteiger partial charge in [-0.25, -0.2) is 0 Å². The number of non-ortho nitro benzene ring substituents is 1. The molecule has 0 bridgehead atoms. The smallest absolute Gasteiger partial charge is 0.269 e. The maximum atomic E-state index is 10.7. The topological polar surface area (TPSA) is 81.8 Å². The van der Waals surface area contributed by atoms with E-state index < -0.39 is 22.7 Å². The lowest BCUT2D eigenvalue weighted by Crippen LogP contribution is -2.43. The number of hydrogen-bond acceptors (Lipinski definition) is 5. The largest absolute Gasteiger partial charge is 0.393 e. The van der Waals surface area contributed by atoms with E-state index >= 15 is 0 Å². The molecular weight excluding hydrogens is 250 g/mol. The highest BCUT2D eigenvalue weighted by atomic mass is 16.7. The summed E-state index contributed by atoms with van der Waals surface area (Å²) in [4.78, 5) is 10.3. The summed E-state index contributed by atoms with van der Waals surface area (Å²) in [7, 11) is 0. The van der Waals surface area contributed by atoms with Crippen LogP contribution in [0.15, 0.2) is 24.3 Å². The Bertz CT molecular complexity index is 466. The highest BCUT2D eigenvalue weighted by Gasteiger charge is 2.37. The van der Waals surface area contributed by atoms with Gasteiger partial charge in [-0.1, -0.05) is 19.1 Å². The van der Waals surface area contributed by atoms with Crippen LogP contribution in [-0.4, -0.2) is 29.3 Å². The fourth-order valence-electron chi connectivity index (χ4n) is 1.84. The minimum Gasteiger partial charge on any atom is -0.393 e. The zero-order valence-electron chi connectivity index (χ0n) is 10.9. The van der Waals surface area contributed by atoms with E-state index in [1.54, 1.807) is 19.1 Å². The molecule has 0 radical (unpaired) electrons. The second kappa shape index (κ2) is 5.24. The van der Waals surface area contributed by atoms with Crippen molar-refractivity contribution in [3.8, 4) is 0 Å². The number of aliphatic hydroxyl groups excluding tert-OH is 1. The molecule has 1 aromatic rings. The number of nitro groups is 1. The molecule has 1 saturated heterocycles. The predicted octanol–water partition coefficient (Wildman–Crippen LogP) is 2.03. The summed E-state index contributed by atoms with van der Waals surface area (Å²) in [6.45, 7) is 4.26. The highest BCUT2D eigenvalue weighted by molar-refractivity contribution is 5.34. The Morgan fingerprint density at radius 1 is 1.47 bits per heavy atom. The molecule has 1 N–H and O–H groups in total. The van der Waals surface area contributed by atoms with E-state index in [-0.39, 0.29) is 5.69 Å². The van der Waals surface area contributed by atoms with Crippen molar-refractivity contribution in [1.29, 1.82) is 0 Å². The fraction of sp³-hybridized carbons (Fsp3) is 0.538. The van der Waals surface area contributed by atoms with Crippen molar-refractivity contribution in [2.75, 3.05) is 13.2 Å². The SMILES string of the molecule is CC(O)C1(C)COC(c2cccc([N+](=O)[O-])c2)OC1. The summed E-state index contributed by atoms with van der Waals surface area (Å²) < 4.78 is 11.1. The molecule has 19 heavy (non-hydrogen) atoms. The maximum Gasteiger partial charge on any atom is 0.269 e. The third kappa shape index (κ3) is 2.91. The van der Waals surface area contributed by atoms with E-state index in [2.05, 4.69) is 0 Å². The van der Waals surface area contributed by atoms with Crippen LogP contribution in [0.4, 0.5) is 5.69 Å². The number of ether oxygens (including phenoxy) is 2. The Kier molecular flexibility index (Phi) is 3.84. The van der Waals surface area contributed by atoms with Crippen molar-refractivity contribution in [2.45, 2.75) is 26.2 Å². The van der Waals surface area contributed by atoms with Gasteiger partial charge in [-0.05, 0) is 6.92 Å². The van der Waals surface area contributed by atoms with Gasteiger partial charge >= 0.3 is 0 Å². The van der Waals surface area contributed by atoms with Crippen LogP contribution in [0.2, 0.25) is 0 Å². The van der Waals surface area contributed by atoms with E-state index in [1.165, 1.54) is 12.1 Å². The molecule has 0 spiro atoms. The molecule has 0 aliphatic carbocycles. The van der Waals surface area contributed by atoms with Gasteiger partial charge in [0.1, 0.15) is 0 Å². The molecule has 1 aliphatic rings. The van der Waals surface area contributed by atoms with Crippen LogP contribution in [0.3, 0.4) is 0 Å². The molecular formula is C13H17NO5. The second-order valence-corrected chi connectivity index (χ2v) is 5.14. The Balaban J connectivity index is 2.09. The van der Waals surface area contributed by atoms with E-state index in [0.29, 0.717) is 18.8 Å². The molecule has 0 aromatic heterocycles. The fourth-order valence-corrected chi connectivity index (χ4v) is 1.84. The molecule has 104 valence electrons. The van der Waals surface area contributed by atoms with Gasteiger partial charge in [0.2, 0.25) is 0 Å². The maximum absolute atomic E-state index is 10.7. The van der Waals surface area contributed by atoms with Gasteiger partial charge in [0.05, 0.1) is 24.2 Å². The minimum atomic E-state index is -0.619. The first kappa shape index (κ1) is 13.9. The van der Waals surface area contributed by atoms with E-state index in [9.17, 15) is 15.2 Å². The number of nitro benzene ring substituents is 1. The van der Waals surface area contributed by atoms with E-state index in [0.717, 1.165) is 0 Å². The molecule has 1 unspecified atom stereocenters. The molecule has 2 rings (SSSR count). The molecule has 1 heterocycles. The zero-order valence-corrected chi connectivity index (χ0v) is 10.9. The van der Waals surface area contributed by atoms with Gasteiger partial charge in [-0.15, -0.1) is 0 Å². The van der Waals surface area contributed by atoms with Crippen LogP contribution in [0.25, 0.3) is 0 Å². The number of rotatable bonds is 3. The van der Waals surface area contributed by atoms with Gasteiger partial charge in [0.15, 0.2) is 6.29 Å². The number of hydrogen-bond donors (Lipinski definition) is 1. The van der Waals surface area contributed by atoms with E-state index in [4.69, 9.17) is 9.47 Å². The van der Waals surface area contributed by atoms with Gasteiger partial charge in [0, 0.05) is 23.1 Å². The quantitative estimate of drug-likeness (QED) is 0.669. The first-order valence-electron chi connectivity index (χ1n) is 6.08. The molecule has 6 nitrogen and oxygen atoms in total. The summed E-state index contributed by atoms with van der Waals surface area (Å²) in [6.07, 6.45) is -1.16. The second-order valence-electron chi connectivity index (χ2n) is 5.14. The van der Waals surface area contributed by atoms with Crippen LogP contribution in [0.5, 0.6) is 0 Å². The summed E-state index contributed by atoms with van der Waals surface area (Å²) in [5.74, 6) is 0. The molecule has 1 atom stereocenters. The van der Waals surface area contributed by atoms with Gasteiger partial charge in [-0.2, -0.15) is 0 Å². The Morgan fingerprint density at radius 2 is 2.11 bits per heavy atom. The summed E-state index contributed by atoms with van der Waals surface area (Å²) in [5, 5.41) is 20.4. The number of benzene rings is 1. The van der Waals surface area contributed by atoms with Crippen molar-refractivity contribution in [1.82, 2.24) is 0 Å². The van der Waals surface area contributed by atoms with Crippen LogP contribution in [0, 0.1) is 15.5 Å². The van der Waals surface area contributed by atoms with Gasteiger partial charge in [-0.3, -0.25) is 10.1 Å². The van der Waals surface area contributed by atoms with Crippen molar-refractivity contribution in [2.24, 2.45) is 5.41 Å². The molecule has 1 aliphatic heterocycles. The first-order valence-corrected chi connectivity index (χ1v) is 6.08. The van der Waals surface area contributed by atoms with Crippen LogP contribution in [-0.2, 0) is 9.47 Å². The molecule has 1 fully saturated rings. The van der Waals surface area contributed by atoms with Crippen LogP contribution in [0.1, 0.15) is 25.7 Å². The highest BCUT2D eigenvalue weighted by Crippen LogP contribution is 2.34. The number of aliphatic hydroxyl groups is 1. The number of nitrogens with zero attached hydrogens (tertiary/aromatic N) is 1. The van der Waals surface area contributed by atoms with Crippen molar-refractivity contribution >= 4 is 5.69 Å². The molecule has 1 aromatic carbocycles. The summed E-state index contributed by atoms with van der Waals surface area (Å²) in [6, 6.07) is 6.19. The normalized spacial score (nSPS) is 28.9. The first-order chi connectivity index (χ1) is 8.92. The Morgan fingerprint density at radius 3 is 2.63 bits per heavy atom. The average Bonchev–Trinajstić information content (AvgIpc) is 2.39. The van der Waals surface area contributed by atoms with Crippen molar-refractivity contribution in [3.63, 3.8) is 0 Å². The molecule has 6 heteroatoms. The lowest BCUT2D eigenvalue weighted by atomic mass is 9.86. The third-order valence-corrected chi connectivity index (χ3v) is 3.49. The monoisotopic (exact) mass is 267 g/mol. The zero-order chi connectivity index (χ0) is 14.0. The van der Waals surface area contributed by atoms with Crippen molar-refractivity contribution < 1.29 is 19.5 Å². The van der Waals surface area contributed by atoms with Gasteiger partial charge in [0.25, 0.3) is 5.69 Å². The van der Waals surface area contributed by atoms with E-state index in [1.807, 2.05) is 6.92 Å². The van der Waals surface area contributed by atoms with Crippen LogP contribution < -0.4 is 0 Å². The van der Waals surface area contributed by atoms with Gasteiger partial charge < -0.3 is 14.6 Å². The predicted molar refractivity (Wildman–Crippen MR) is 67.5 cm³/mol. The standard InChI is InChI=1S/C13H17NO5/c1-9(15)13(2)7-18-12(19-8-13)10-4-3-5-11(6-10)14(16)17/h3-6,9,12,15H,7-8H2,1-2H3. The Hall–Kier alpha value is -1.50. The van der Waals surface area contributed by atoms with Crippen LogP contribution >= 0.6 is 0 Å². The molecule has 0 saturated carbocycles. The Labute approximate surface area is 111 Å². The summed E-state index contributed by atoms with van der Waals surface area (Å²) in [5.41, 5.74) is 0.174.